The van der Waals surface area contributed by atoms with Crippen LogP contribution in [0, 0.1) is 5.92 Å². The number of hydrogen-bond acceptors (Lipinski definition) is 3. The topological polar surface area (TPSA) is 75.3 Å². The van der Waals surface area contributed by atoms with Crippen LogP contribution in [0.25, 0.3) is 0 Å². The molecule has 0 saturated heterocycles. The molecular weight excluding hydrogens is 523 g/mol. The molecular formula is C32H35N2O3PS. The van der Waals surface area contributed by atoms with Gasteiger partial charge in [-0.15, -0.1) is 0 Å². The quantitative estimate of drug-likeness (QED) is 0.258. The summed E-state index contributed by atoms with van der Waals surface area (Å²) in [5.41, 5.74) is 1.44. The summed E-state index contributed by atoms with van der Waals surface area (Å²) in [6.45, 7) is 5.67. The molecule has 0 fully saturated rings. The standard InChI is InChI=1S/C32H35N2O3PS/c1-24(2)30(23-39(36,37)34-25(3)26-15-7-4-8-16-26)33-32(35)29-21-13-14-22-31(29)38(27-17-9-5-10-18-27)28-19-11-6-12-20-28/h4-22,24-25,30,34H,23H2,1-3H3,(H,33,35)/t25-,30+/m0/s1. The van der Waals surface area contributed by atoms with Gasteiger partial charge >= 0.3 is 0 Å². The molecule has 4 aromatic rings. The van der Waals surface area contributed by atoms with E-state index in [-0.39, 0.29) is 23.6 Å². The molecule has 2 N–H and O–H groups in total. The van der Waals surface area contributed by atoms with E-state index in [1.807, 2.05) is 112 Å². The monoisotopic (exact) mass is 558 g/mol. The lowest BCUT2D eigenvalue weighted by atomic mass is 10.1. The normalized spacial score (nSPS) is 13.3. The molecule has 1 amide bonds. The Hall–Kier alpha value is -3.31. The maximum atomic E-state index is 13.8. The second kappa shape index (κ2) is 13.2. The molecule has 0 radical (unpaired) electrons. The first-order chi connectivity index (χ1) is 18.7. The van der Waals surface area contributed by atoms with E-state index in [1.165, 1.54) is 0 Å². The van der Waals surface area contributed by atoms with Gasteiger partial charge in [-0.2, -0.15) is 0 Å². The molecule has 0 aliphatic rings. The van der Waals surface area contributed by atoms with Crippen LogP contribution in [0.1, 0.15) is 42.7 Å². The fourth-order valence-electron chi connectivity index (χ4n) is 4.45. The van der Waals surface area contributed by atoms with Crippen molar-refractivity contribution >= 4 is 39.8 Å². The van der Waals surface area contributed by atoms with E-state index in [4.69, 9.17) is 0 Å². The second-order valence-electron chi connectivity index (χ2n) is 9.88. The van der Waals surface area contributed by atoms with Gasteiger partial charge in [0.15, 0.2) is 0 Å². The van der Waals surface area contributed by atoms with Crippen molar-refractivity contribution in [2.45, 2.75) is 32.9 Å². The van der Waals surface area contributed by atoms with Crippen molar-refractivity contribution in [2.75, 3.05) is 5.75 Å². The summed E-state index contributed by atoms with van der Waals surface area (Å²) in [6, 6.07) is 36.5. The summed E-state index contributed by atoms with van der Waals surface area (Å²) >= 11 is 0. The molecule has 2 atom stereocenters. The lowest BCUT2D eigenvalue weighted by molar-refractivity contribution is 0.0932. The summed E-state index contributed by atoms with van der Waals surface area (Å²) in [4.78, 5) is 13.8. The number of benzene rings is 4. The van der Waals surface area contributed by atoms with Crippen molar-refractivity contribution in [3.63, 3.8) is 0 Å². The minimum Gasteiger partial charge on any atom is -0.348 e. The van der Waals surface area contributed by atoms with Gasteiger partial charge in [-0.25, -0.2) is 13.1 Å². The van der Waals surface area contributed by atoms with Crippen LogP contribution in [-0.4, -0.2) is 26.1 Å². The van der Waals surface area contributed by atoms with Crippen LogP contribution in [0.15, 0.2) is 115 Å². The molecule has 39 heavy (non-hydrogen) atoms. The lowest BCUT2D eigenvalue weighted by Crippen LogP contribution is -2.47. The van der Waals surface area contributed by atoms with Crippen LogP contribution in [0.3, 0.4) is 0 Å². The summed E-state index contributed by atoms with van der Waals surface area (Å²) in [6.07, 6.45) is 0. The molecule has 0 unspecified atom stereocenters. The first-order valence-electron chi connectivity index (χ1n) is 13.1. The Balaban J connectivity index is 1.59. The molecule has 0 spiro atoms. The van der Waals surface area contributed by atoms with Crippen molar-refractivity contribution in [1.29, 1.82) is 0 Å². The first-order valence-corrected chi connectivity index (χ1v) is 16.1. The van der Waals surface area contributed by atoms with Crippen LogP contribution >= 0.6 is 7.92 Å². The lowest BCUT2D eigenvalue weighted by Gasteiger charge is -2.26. The smallest absolute Gasteiger partial charge is 0.252 e. The molecule has 0 aromatic heterocycles. The number of sulfonamides is 1. The third-order valence-corrected chi connectivity index (χ3v) is 10.6. The summed E-state index contributed by atoms with van der Waals surface area (Å²) in [5.74, 6) is -0.563. The summed E-state index contributed by atoms with van der Waals surface area (Å²) < 4.78 is 29.0. The van der Waals surface area contributed by atoms with E-state index in [0.717, 1.165) is 21.5 Å². The second-order valence-corrected chi connectivity index (χ2v) is 13.9. The number of rotatable bonds is 11. The predicted octanol–water partition coefficient (Wildman–Crippen LogP) is 4.88. The Bertz CT molecular complexity index is 1420. The van der Waals surface area contributed by atoms with Crippen molar-refractivity contribution < 1.29 is 13.2 Å². The summed E-state index contributed by atoms with van der Waals surface area (Å²) in [7, 11) is -4.67. The third kappa shape index (κ3) is 7.63. The highest BCUT2D eigenvalue weighted by molar-refractivity contribution is 7.89. The summed E-state index contributed by atoms with van der Waals surface area (Å²) in [5, 5.41) is 6.27. The Morgan fingerprint density at radius 2 is 1.21 bits per heavy atom. The first kappa shape index (κ1) is 28.7. The minimum absolute atomic E-state index is 0.0884. The molecule has 4 rings (SSSR count). The molecule has 4 aromatic carbocycles. The van der Waals surface area contributed by atoms with Gasteiger partial charge < -0.3 is 5.32 Å². The van der Waals surface area contributed by atoms with Crippen molar-refractivity contribution in [3.8, 4) is 0 Å². The Labute approximate surface area is 233 Å². The number of hydrogen-bond donors (Lipinski definition) is 2. The van der Waals surface area contributed by atoms with E-state index < -0.39 is 24.0 Å². The molecule has 0 bridgehead atoms. The highest BCUT2D eigenvalue weighted by Crippen LogP contribution is 2.34. The van der Waals surface area contributed by atoms with E-state index in [1.54, 1.807) is 0 Å². The molecule has 0 aliphatic heterocycles. The number of carbonyl (C=O) groups excluding carboxylic acids is 1. The van der Waals surface area contributed by atoms with Crippen LogP contribution in [0.5, 0.6) is 0 Å². The minimum atomic E-state index is -3.67. The van der Waals surface area contributed by atoms with E-state index in [2.05, 4.69) is 34.3 Å². The number of carbonyl (C=O) groups is 1. The molecule has 0 saturated carbocycles. The number of nitrogens with one attached hydrogen (secondary N) is 2. The van der Waals surface area contributed by atoms with Gasteiger partial charge in [0.25, 0.3) is 5.91 Å². The van der Waals surface area contributed by atoms with Gasteiger partial charge in [0.1, 0.15) is 0 Å². The van der Waals surface area contributed by atoms with E-state index in [9.17, 15) is 13.2 Å². The van der Waals surface area contributed by atoms with Crippen LogP contribution in [-0.2, 0) is 10.0 Å². The molecule has 5 nitrogen and oxygen atoms in total. The number of amides is 1. The van der Waals surface area contributed by atoms with Gasteiger partial charge in [0.05, 0.1) is 5.75 Å². The maximum Gasteiger partial charge on any atom is 0.252 e. The molecule has 202 valence electrons. The molecule has 0 heterocycles. The van der Waals surface area contributed by atoms with Gasteiger partial charge in [-0.1, -0.05) is 123 Å². The fourth-order valence-corrected chi connectivity index (χ4v) is 8.61. The average molecular weight is 559 g/mol. The molecule has 7 heteroatoms. The van der Waals surface area contributed by atoms with Crippen LogP contribution < -0.4 is 26.0 Å². The average Bonchev–Trinajstić information content (AvgIpc) is 2.94. The van der Waals surface area contributed by atoms with Gasteiger partial charge in [-0.05, 0) is 48.3 Å². The zero-order valence-electron chi connectivity index (χ0n) is 22.5. The fraction of sp³-hybridized carbons (Fsp3) is 0.219. The van der Waals surface area contributed by atoms with E-state index in [0.29, 0.717) is 5.56 Å². The zero-order chi connectivity index (χ0) is 27.8. The molecule has 0 aliphatic carbocycles. The zero-order valence-corrected chi connectivity index (χ0v) is 24.2. The SMILES string of the molecule is CC(C)[C@@H](CS(=O)(=O)N[C@@H](C)c1ccccc1)NC(=O)c1ccccc1P(c1ccccc1)c1ccccc1. The van der Waals surface area contributed by atoms with Crippen molar-refractivity contribution in [3.05, 3.63) is 126 Å². The Morgan fingerprint density at radius 1 is 0.718 bits per heavy atom. The van der Waals surface area contributed by atoms with E-state index >= 15 is 0 Å². The highest BCUT2D eigenvalue weighted by Gasteiger charge is 2.28. The van der Waals surface area contributed by atoms with Crippen molar-refractivity contribution in [2.24, 2.45) is 5.92 Å². The largest absolute Gasteiger partial charge is 0.348 e. The Morgan fingerprint density at radius 3 is 1.74 bits per heavy atom. The predicted molar refractivity (Wildman–Crippen MR) is 163 cm³/mol. The van der Waals surface area contributed by atoms with Gasteiger partial charge in [0, 0.05) is 17.6 Å². The third-order valence-electron chi connectivity index (χ3n) is 6.59. The Kier molecular flexibility index (Phi) is 9.68. The van der Waals surface area contributed by atoms with Gasteiger partial charge in [-0.3, -0.25) is 4.79 Å². The highest BCUT2D eigenvalue weighted by atomic mass is 32.2. The van der Waals surface area contributed by atoms with Crippen molar-refractivity contribution in [1.82, 2.24) is 10.0 Å². The maximum absolute atomic E-state index is 13.8. The van der Waals surface area contributed by atoms with Gasteiger partial charge in [0.2, 0.25) is 10.0 Å². The van der Waals surface area contributed by atoms with Crippen LogP contribution in [0.2, 0.25) is 0 Å². The van der Waals surface area contributed by atoms with Crippen LogP contribution in [0.4, 0.5) is 0 Å².